The first-order valence-corrected chi connectivity index (χ1v) is 10.3. The highest BCUT2D eigenvalue weighted by atomic mass is 16.5. The fraction of sp³-hybridized carbons (Fsp3) is 0.455. The Labute approximate surface area is 171 Å². The van der Waals surface area contributed by atoms with E-state index in [4.69, 9.17) is 4.74 Å². The predicted octanol–water partition coefficient (Wildman–Crippen LogP) is 4.16. The quantitative estimate of drug-likeness (QED) is 0.563. The maximum absolute atomic E-state index is 12.7. The number of carbonyl (C=O) groups is 2. The number of hydrogen-bond acceptors (Lipinski definition) is 6. The van der Waals surface area contributed by atoms with Crippen LogP contribution in [0.25, 0.3) is 0 Å². The number of carbonyl (C=O) groups excluding carboxylic acids is 2. The van der Waals surface area contributed by atoms with Gasteiger partial charge in [0.25, 0.3) is 5.91 Å². The molecule has 1 aromatic carbocycles. The molecule has 7 heteroatoms. The highest BCUT2D eigenvalue weighted by Crippen LogP contribution is 2.21. The number of nitrogens with one attached hydrogen (secondary N) is 2. The summed E-state index contributed by atoms with van der Waals surface area (Å²) in [5, 5.41) is 6.17. The number of aromatic nitrogens is 2. The average molecular weight is 396 g/mol. The van der Waals surface area contributed by atoms with Gasteiger partial charge < -0.3 is 15.4 Å². The third-order valence-electron chi connectivity index (χ3n) is 4.95. The van der Waals surface area contributed by atoms with Crippen molar-refractivity contribution in [1.82, 2.24) is 15.3 Å². The zero-order valence-electron chi connectivity index (χ0n) is 17.0. The Balaban J connectivity index is 1.77. The normalized spacial score (nSPS) is 14.7. The standard InChI is InChI=1S/C22H28N4O3/c1-3-29-21(28)17-12-8-9-13-18(17)25-22-23-15(2)14-19(26-22)20(27)24-16-10-6-4-5-7-11-16/h8-9,12-14,16H,3-7,10-11H2,1-2H3,(H,24,27)(H,23,25,26). The van der Waals surface area contributed by atoms with Crippen LogP contribution < -0.4 is 10.6 Å². The summed E-state index contributed by atoms with van der Waals surface area (Å²) in [7, 11) is 0. The molecule has 2 N–H and O–H groups in total. The van der Waals surface area contributed by atoms with Crippen LogP contribution in [0.1, 0.15) is 72.0 Å². The van der Waals surface area contributed by atoms with E-state index >= 15 is 0 Å². The molecule has 1 amide bonds. The van der Waals surface area contributed by atoms with Crippen molar-refractivity contribution in [2.75, 3.05) is 11.9 Å². The first-order chi connectivity index (χ1) is 14.1. The molecule has 1 fully saturated rings. The summed E-state index contributed by atoms with van der Waals surface area (Å²) in [5.74, 6) is -0.341. The van der Waals surface area contributed by atoms with Crippen LogP contribution in [0.2, 0.25) is 0 Å². The van der Waals surface area contributed by atoms with Crippen LogP contribution in [0, 0.1) is 6.92 Å². The Morgan fingerprint density at radius 1 is 1.10 bits per heavy atom. The summed E-state index contributed by atoms with van der Waals surface area (Å²) >= 11 is 0. The summed E-state index contributed by atoms with van der Waals surface area (Å²) < 4.78 is 5.10. The van der Waals surface area contributed by atoms with Gasteiger partial charge in [-0.3, -0.25) is 4.79 Å². The first kappa shape index (κ1) is 20.8. The van der Waals surface area contributed by atoms with E-state index in [1.807, 2.05) is 6.92 Å². The Morgan fingerprint density at radius 3 is 2.55 bits per heavy atom. The summed E-state index contributed by atoms with van der Waals surface area (Å²) in [4.78, 5) is 33.7. The number of esters is 1. The monoisotopic (exact) mass is 396 g/mol. The number of nitrogens with zero attached hydrogens (tertiary/aromatic N) is 2. The summed E-state index contributed by atoms with van der Waals surface area (Å²) in [6, 6.07) is 8.87. The van der Waals surface area contributed by atoms with Crippen molar-refractivity contribution in [2.45, 2.75) is 58.4 Å². The molecule has 0 spiro atoms. The Hall–Kier alpha value is -2.96. The minimum absolute atomic E-state index is 0.191. The fourth-order valence-corrected chi connectivity index (χ4v) is 3.52. The SMILES string of the molecule is CCOC(=O)c1ccccc1Nc1nc(C)cc(C(=O)NC2CCCCCC2)n1. The number of amides is 1. The van der Waals surface area contributed by atoms with E-state index in [9.17, 15) is 9.59 Å². The lowest BCUT2D eigenvalue weighted by Gasteiger charge is -2.16. The lowest BCUT2D eigenvalue weighted by atomic mass is 10.1. The van der Waals surface area contributed by atoms with Crippen molar-refractivity contribution in [1.29, 1.82) is 0 Å². The number of rotatable bonds is 6. The number of aryl methyl sites for hydroxylation is 1. The zero-order valence-corrected chi connectivity index (χ0v) is 17.0. The van der Waals surface area contributed by atoms with Crippen molar-refractivity contribution >= 4 is 23.5 Å². The molecular formula is C22H28N4O3. The molecule has 0 aliphatic heterocycles. The van der Waals surface area contributed by atoms with Crippen molar-refractivity contribution < 1.29 is 14.3 Å². The number of anilines is 2. The Bertz CT molecular complexity index is 861. The lowest BCUT2D eigenvalue weighted by Crippen LogP contribution is -2.35. The molecule has 0 unspecified atom stereocenters. The highest BCUT2D eigenvalue weighted by Gasteiger charge is 2.18. The molecule has 3 rings (SSSR count). The largest absolute Gasteiger partial charge is 0.462 e. The Kier molecular flexibility index (Phi) is 7.16. The van der Waals surface area contributed by atoms with Gasteiger partial charge in [0.2, 0.25) is 5.95 Å². The maximum atomic E-state index is 12.7. The van der Waals surface area contributed by atoms with E-state index in [0.29, 0.717) is 29.2 Å². The van der Waals surface area contributed by atoms with Gasteiger partial charge in [-0.25, -0.2) is 14.8 Å². The second-order valence-corrected chi connectivity index (χ2v) is 7.27. The average Bonchev–Trinajstić information content (AvgIpc) is 2.97. The summed E-state index contributed by atoms with van der Waals surface area (Å²) in [6.07, 6.45) is 6.76. The molecule has 0 saturated heterocycles. The molecule has 29 heavy (non-hydrogen) atoms. The fourth-order valence-electron chi connectivity index (χ4n) is 3.52. The number of benzene rings is 1. The van der Waals surface area contributed by atoms with Crippen molar-refractivity contribution in [3.63, 3.8) is 0 Å². The van der Waals surface area contributed by atoms with Gasteiger partial charge in [-0.1, -0.05) is 37.8 Å². The predicted molar refractivity (Wildman–Crippen MR) is 111 cm³/mol. The molecular weight excluding hydrogens is 368 g/mol. The third-order valence-corrected chi connectivity index (χ3v) is 4.95. The zero-order chi connectivity index (χ0) is 20.6. The molecule has 1 aliphatic carbocycles. The number of hydrogen-bond donors (Lipinski definition) is 2. The molecule has 7 nitrogen and oxygen atoms in total. The van der Waals surface area contributed by atoms with Crippen molar-refractivity contribution in [3.8, 4) is 0 Å². The molecule has 0 atom stereocenters. The van der Waals surface area contributed by atoms with Crippen LogP contribution in [-0.4, -0.2) is 34.5 Å². The molecule has 1 aliphatic rings. The molecule has 1 aromatic heterocycles. The molecule has 0 bridgehead atoms. The van der Waals surface area contributed by atoms with Crippen LogP contribution in [0.15, 0.2) is 30.3 Å². The minimum atomic E-state index is -0.422. The molecule has 0 radical (unpaired) electrons. The van der Waals surface area contributed by atoms with E-state index in [-0.39, 0.29) is 17.9 Å². The van der Waals surface area contributed by atoms with E-state index < -0.39 is 5.97 Å². The maximum Gasteiger partial charge on any atom is 0.340 e. The van der Waals surface area contributed by atoms with Crippen LogP contribution in [0.3, 0.4) is 0 Å². The summed E-state index contributed by atoms with van der Waals surface area (Å²) in [6.45, 7) is 3.86. The highest BCUT2D eigenvalue weighted by molar-refractivity contribution is 5.96. The molecule has 1 heterocycles. The first-order valence-electron chi connectivity index (χ1n) is 10.3. The molecule has 2 aromatic rings. The van der Waals surface area contributed by atoms with Gasteiger partial charge in [0.15, 0.2) is 0 Å². The van der Waals surface area contributed by atoms with Crippen LogP contribution in [-0.2, 0) is 4.74 Å². The second kappa shape index (κ2) is 10.0. The van der Waals surface area contributed by atoms with Gasteiger partial charge in [0.05, 0.1) is 17.9 Å². The van der Waals surface area contributed by atoms with Crippen LogP contribution in [0.4, 0.5) is 11.6 Å². The third kappa shape index (κ3) is 5.76. The molecule has 1 saturated carbocycles. The van der Waals surface area contributed by atoms with Crippen LogP contribution >= 0.6 is 0 Å². The number of ether oxygens (including phenoxy) is 1. The molecule has 154 valence electrons. The summed E-state index contributed by atoms with van der Waals surface area (Å²) in [5.41, 5.74) is 1.91. The number of para-hydroxylation sites is 1. The van der Waals surface area contributed by atoms with Gasteiger partial charge >= 0.3 is 5.97 Å². The lowest BCUT2D eigenvalue weighted by molar-refractivity contribution is 0.0527. The van der Waals surface area contributed by atoms with Gasteiger partial charge in [0, 0.05) is 11.7 Å². The van der Waals surface area contributed by atoms with Gasteiger partial charge in [-0.15, -0.1) is 0 Å². The van der Waals surface area contributed by atoms with E-state index in [0.717, 1.165) is 25.7 Å². The Morgan fingerprint density at radius 2 is 1.83 bits per heavy atom. The van der Waals surface area contributed by atoms with E-state index in [2.05, 4.69) is 20.6 Å². The van der Waals surface area contributed by atoms with Crippen molar-refractivity contribution in [2.24, 2.45) is 0 Å². The topological polar surface area (TPSA) is 93.2 Å². The minimum Gasteiger partial charge on any atom is -0.462 e. The smallest absolute Gasteiger partial charge is 0.340 e. The second-order valence-electron chi connectivity index (χ2n) is 7.27. The van der Waals surface area contributed by atoms with Gasteiger partial charge in [-0.2, -0.15) is 0 Å². The van der Waals surface area contributed by atoms with Crippen LogP contribution in [0.5, 0.6) is 0 Å². The van der Waals surface area contributed by atoms with E-state index in [1.165, 1.54) is 12.8 Å². The van der Waals surface area contributed by atoms with E-state index in [1.54, 1.807) is 37.3 Å². The van der Waals surface area contributed by atoms with Crippen molar-refractivity contribution in [3.05, 3.63) is 47.3 Å². The van der Waals surface area contributed by atoms with Gasteiger partial charge in [-0.05, 0) is 44.9 Å². The van der Waals surface area contributed by atoms with Gasteiger partial charge in [0.1, 0.15) is 5.69 Å².